The topological polar surface area (TPSA) is 46.1 Å². The summed E-state index contributed by atoms with van der Waals surface area (Å²) in [6.07, 6.45) is 3.13. The predicted molar refractivity (Wildman–Crippen MR) is 49.2 cm³/mol. The van der Waals surface area contributed by atoms with Gasteiger partial charge in [0.2, 0.25) is 0 Å². The van der Waals surface area contributed by atoms with E-state index in [4.69, 9.17) is 0 Å². The molecule has 0 saturated heterocycles. The summed E-state index contributed by atoms with van der Waals surface area (Å²) in [5, 5.41) is 0. The van der Waals surface area contributed by atoms with Gasteiger partial charge in [0.05, 0.1) is 16.1 Å². The fourth-order valence-corrected chi connectivity index (χ4v) is 2.82. The smallest absolute Gasteiger partial charge is 0.131 e. The molecule has 0 spiro atoms. The molecule has 4 nitrogen and oxygen atoms in total. The third-order valence-electron chi connectivity index (χ3n) is 2.48. The van der Waals surface area contributed by atoms with Gasteiger partial charge in [0, 0.05) is 13.2 Å². The maximum absolute atomic E-state index is 11.8. The van der Waals surface area contributed by atoms with Crippen LogP contribution in [-0.4, -0.2) is 25.5 Å². The standard InChI is InChI=1S/C8H11N3OS/c1-8(2)7-6(4-9-5-10-7)13(12)11(8)3/h4-5H,1-3H3. The van der Waals surface area contributed by atoms with Crippen LogP contribution in [-0.2, 0) is 16.5 Å². The minimum atomic E-state index is -1.10. The minimum absolute atomic E-state index is 0.261. The van der Waals surface area contributed by atoms with Crippen molar-refractivity contribution in [3.8, 4) is 0 Å². The molecule has 1 aliphatic rings. The van der Waals surface area contributed by atoms with E-state index in [-0.39, 0.29) is 5.54 Å². The van der Waals surface area contributed by atoms with E-state index >= 15 is 0 Å². The molecule has 1 aromatic heterocycles. The first-order valence-corrected chi connectivity index (χ1v) is 5.12. The van der Waals surface area contributed by atoms with E-state index in [1.165, 1.54) is 6.33 Å². The molecule has 70 valence electrons. The Morgan fingerprint density at radius 1 is 1.54 bits per heavy atom. The summed E-state index contributed by atoms with van der Waals surface area (Å²) in [5.74, 6) is 0. The highest BCUT2D eigenvalue weighted by molar-refractivity contribution is 7.83. The highest BCUT2D eigenvalue weighted by Gasteiger charge is 2.41. The molecule has 1 aromatic rings. The summed E-state index contributed by atoms with van der Waals surface area (Å²) >= 11 is 0. The molecule has 0 bridgehead atoms. The van der Waals surface area contributed by atoms with Gasteiger partial charge in [-0.15, -0.1) is 0 Å². The molecule has 0 N–H and O–H groups in total. The summed E-state index contributed by atoms with van der Waals surface area (Å²) in [6.45, 7) is 4.01. The molecule has 1 unspecified atom stereocenters. The number of rotatable bonds is 0. The van der Waals surface area contributed by atoms with Crippen molar-refractivity contribution in [1.29, 1.82) is 0 Å². The van der Waals surface area contributed by atoms with E-state index in [2.05, 4.69) is 9.97 Å². The zero-order chi connectivity index (χ0) is 9.64. The van der Waals surface area contributed by atoms with Crippen LogP contribution < -0.4 is 0 Å². The lowest BCUT2D eigenvalue weighted by Crippen LogP contribution is -2.33. The second-order valence-electron chi connectivity index (χ2n) is 3.54. The molecule has 2 heterocycles. The predicted octanol–water partition coefficient (Wildman–Crippen LogP) is 0.680. The number of hydrogen-bond acceptors (Lipinski definition) is 3. The maximum atomic E-state index is 11.8. The van der Waals surface area contributed by atoms with E-state index in [1.807, 2.05) is 20.9 Å². The number of fused-ring (bicyclic) bond motifs is 1. The Bertz CT molecular complexity index is 377. The van der Waals surface area contributed by atoms with E-state index in [1.54, 1.807) is 10.5 Å². The lowest BCUT2D eigenvalue weighted by molar-refractivity contribution is 0.290. The van der Waals surface area contributed by atoms with Gasteiger partial charge in [0.15, 0.2) is 0 Å². The van der Waals surface area contributed by atoms with Crippen LogP contribution in [0.25, 0.3) is 0 Å². The van der Waals surface area contributed by atoms with Gasteiger partial charge in [-0.3, -0.25) is 0 Å². The largest absolute Gasteiger partial charge is 0.243 e. The molecular formula is C8H11N3OS. The molecule has 0 amide bonds. The summed E-state index contributed by atoms with van der Waals surface area (Å²) in [6, 6.07) is 0. The van der Waals surface area contributed by atoms with Crippen LogP contribution in [0.2, 0.25) is 0 Å². The molecule has 0 aromatic carbocycles. The van der Waals surface area contributed by atoms with Crippen molar-refractivity contribution < 1.29 is 4.21 Å². The molecule has 2 rings (SSSR count). The van der Waals surface area contributed by atoms with Crippen molar-refractivity contribution in [2.45, 2.75) is 24.3 Å². The van der Waals surface area contributed by atoms with Crippen LogP contribution >= 0.6 is 0 Å². The molecule has 0 radical (unpaired) electrons. The highest BCUT2D eigenvalue weighted by Crippen LogP contribution is 2.37. The van der Waals surface area contributed by atoms with Crippen molar-refractivity contribution in [1.82, 2.24) is 14.3 Å². The summed E-state index contributed by atoms with van der Waals surface area (Å²) in [4.78, 5) is 8.77. The molecule has 0 saturated carbocycles. The Hall–Kier alpha value is -0.810. The Kier molecular flexibility index (Phi) is 1.75. The summed E-state index contributed by atoms with van der Waals surface area (Å²) < 4.78 is 13.6. The quantitative estimate of drug-likeness (QED) is 0.614. The van der Waals surface area contributed by atoms with Gasteiger partial charge in [0.25, 0.3) is 0 Å². The van der Waals surface area contributed by atoms with Crippen molar-refractivity contribution >= 4 is 11.0 Å². The fraction of sp³-hybridized carbons (Fsp3) is 0.500. The van der Waals surface area contributed by atoms with Crippen LogP contribution in [0.3, 0.4) is 0 Å². The Balaban J connectivity index is 2.68. The summed E-state index contributed by atoms with van der Waals surface area (Å²) in [7, 11) is 0.727. The molecular weight excluding hydrogens is 186 g/mol. The lowest BCUT2D eigenvalue weighted by Gasteiger charge is -2.25. The van der Waals surface area contributed by atoms with Gasteiger partial charge < -0.3 is 0 Å². The van der Waals surface area contributed by atoms with Crippen LogP contribution in [0.1, 0.15) is 19.5 Å². The van der Waals surface area contributed by atoms with Gasteiger partial charge in [-0.2, -0.15) is 0 Å². The van der Waals surface area contributed by atoms with E-state index in [9.17, 15) is 4.21 Å². The lowest BCUT2D eigenvalue weighted by atomic mass is 10.0. The SMILES string of the molecule is CN1S(=O)c2cncnc2C1(C)C. The molecule has 13 heavy (non-hydrogen) atoms. The third kappa shape index (κ3) is 1.04. The fourth-order valence-electron chi connectivity index (χ4n) is 1.41. The van der Waals surface area contributed by atoms with E-state index in [0.717, 1.165) is 10.6 Å². The van der Waals surface area contributed by atoms with Gasteiger partial charge in [-0.05, 0) is 13.8 Å². The first-order valence-electron chi connectivity index (χ1n) is 4.01. The molecule has 0 aliphatic carbocycles. The number of nitrogens with zero attached hydrogens (tertiary/aromatic N) is 3. The Morgan fingerprint density at radius 3 is 2.85 bits per heavy atom. The summed E-state index contributed by atoms with van der Waals surface area (Å²) in [5.41, 5.74) is 0.603. The molecule has 1 atom stereocenters. The Morgan fingerprint density at radius 2 is 2.23 bits per heavy atom. The Labute approximate surface area is 79.6 Å². The van der Waals surface area contributed by atoms with Crippen LogP contribution in [0, 0.1) is 0 Å². The monoisotopic (exact) mass is 197 g/mol. The average molecular weight is 197 g/mol. The van der Waals surface area contributed by atoms with Crippen molar-refractivity contribution in [2.24, 2.45) is 0 Å². The highest BCUT2D eigenvalue weighted by atomic mass is 32.2. The zero-order valence-electron chi connectivity index (χ0n) is 7.81. The van der Waals surface area contributed by atoms with Gasteiger partial charge in [-0.25, -0.2) is 18.5 Å². The molecule has 1 aliphatic heterocycles. The maximum Gasteiger partial charge on any atom is 0.131 e. The number of hydrogen-bond donors (Lipinski definition) is 0. The second kappa shape index (κ2) is 2.59. The van der Waals surface area contributed by atoms with Crippen molar-refractivity contribution in [3.05, 3.63) is 18.2 Å². The molecule has 5 heteroatoms. The van der Waals surface area contributed by atoms with Crippen LogP contribution in [0.15, 0.2) is 17.4 Å². The van der Waals surface area contributed by atoms with Gasteiger partial charge in [-0.1, -0.05) is 0 Å². The minimum Gasteiger partial charge on any atom is -0.243 e. The zero-order valence-corrected chi connectivity index (χ0v) is 8.63. The first-order chi connectivity index (χ1) is 6.05. The van der Waals surface area contributed by atoms with E-state index < -0.39 is 11.0 Å². The molecule has 0 fully saturated rings. The van der Waals surface area contributed by atoms with E-state index in [0.29, 0.717) is 0 Å². The second-order valence-corrected chi connectivity index (χ2v) is 5.03. The van der Waals surface area contributed by atoms with Crippen LogP contribution in [0.5, 0.6) is 0 Å². The normalized spacial score (nSPS) is 25.9. The van der Waals surface area contributed by atoms with Gasteiger partial charge >= 0.3 is 0 Å². The number of aromatic nitrogens is 2. The third-order valence-corrected chi connectivity index (χ3v) is 4.11. The average Bonchev–Trinajstić information content (AvgIpc) is 2.30. The van der Waals surface area contributed by atoms with Gasteiger partial charge in [0.1, 0.15) is 17.3 Å². The first kappa shape index (κ1) is 8.77. The van der Waals surface area contributed by atoms with Crippen molar-refractivity contribution in [2.75, 3.05) is 7.05 Å². The van der Waals surface area contributed by atoms with Crippen LogP contribution in [0.4, 0.5) is 0 Å². The van der Waals surface area contributed by atoms with Crippen molar-refractivity contribution in [3.63, 3.8) is 0 Å².